The van der Waals surface area contributed by atoms with Crippen LogP contribution < -0.4 is 0 Å². The average Bonchev–Trinajstić information content (AvgIpc) is 2.71. The molecule has 0 N–H and O–H groups in total. The Balaban J connectivity index is 2.41. The third-order valence-corrected chi connectivity index (χ3v) is 2.14. The topological polar surface area (TPSA) is 38.9 Å². The van der Waals surface area contributed by atoms with Crippen LogP contribution in [0.5, 0.6) is 0 Å². The van der Waals surface area contributed by atoms with Crippen molar-refractivity contribution in [3.8, 4) is 11.3 Å². The molecule has 2 rings (SSSR count). The molecule has 0 aliphatic heterocycles. The molecule has 0 saturated heterocycles. The summed E-state index contributed by atoms with van der Waals surface area (Å²) in [6, 6.07) is 2.08. The molecule has 0 radical (unpaired) electrons. The van der Waals surface area contributed by atoms with Gasteiger partial charge in [-0.25, -0.2) is 4.98 Å². The molecule has 14 heavy (non-hydrogen) atoms. The second-order valence-corrected chi connectivity index (χ2v) is 3.53. The van der Waals surface area contributed by atoms with Crippen LogP contribution in [0, 0.1) is 0 Å². The van der Waals surface area contributed by atoms with E-state index in [9.17, 15) is 0 Å². The highest BCUT2D eigenvalue weighted by molar-refractivity contribution is 5.55. The van der Waals surface area contributed by atoms with E-state index in [1.54, 1.807) is 12.4 Å². The first-order chi connectivity index (χ1) is 6.77. The van der Waals surface area contributed by atoms with E-state index >= 15 is 0 Å². The van der Waals surface area contributed by atoms with Crippen LogP contribution in [0.25, 0.3) is 11.3 Å². The minimum absolute atomic E-state index is 0.477. The van der Waals surface area contributed by atoms with Gasteiger partial charge in [0, 0.05) is 18.0 Å². The van der Waals surface area contributed by atoms with Crippen LogP contribution in [0.1, 0.15) is 25.3 Å². The first-order valence-electron chi connectivity index (χ1n) is 4.61. The Kier molecular flexibility index (Phi) is 2.31. The van der Waals surface area contributed by atoms with Crippen LogP contribution in [0.15, 0.2) is 35.5 Å². The van der Waals surface area contributed by atoms with Gasteiger partial charge in [0.1, 0.15) is 0 Å². The van der Waals surface area contributed by atoms with Crippen LogP contribution in [-0.2, 0) is 0 Å². The molecule has 0 fully saturated rings. The summed E-state index contributed by atoms with van der Waals surface area (Å²) in [6.07, 6.45) is 6.79. The molecule has 0 atom stereocenters. The molecule has 2 aromatic rings. The second-order valence-electron chi connectivity index (χ2n) is 3.53. The SMILES string of the molecule is CC(C)c1cncc(-c2cnco2)c1. The molecule has 3 nitrogen and oxygen atoms in total. The zero-order valence-electron chi connectivity index (χ0n) is 8.27. The lowest BCUT2D eigenvalue weighted by molar-refractivity contribution is 0.571. The van der Waals surface area contributed by atoms with Gasteiger partial charge in [0.25, 0.3) is 0 Å². The van der Waals surface area contributed by atoms with Crippen LogP contribution in [0.3, 0.4) is 0 Å². The van der Waals surface area contributed by atoms with Gasteiger partial charge in [-0.1, -0.05) is 13.8 Å². The molecule has 2 heterocycles. The summed E-state index contributed by atoms with van der Waals surface area (Å²) >= 11 is 0. The van der Waals surface area contributed by atoms with Crippen molar-refractivity contribution in [3.05, 3.63) is 36.6 Å². The zero-order chi connectivity index (χ0) is 9.97. The normalized spacial score (nSPS) is 10.8. The van der Waals surface area contributed by atoms with Crippen molar-refractivity contribution in [3.63, 3.8) is 0 Å². The Morgan fingerprint density at radius 1 is 1.14 bits per heavy atom. The molecule has 0 spiro atoms. The van der Waals surface area contributed by atoms with Gasteiger partial charge in [0.15, 0.2) is 12.2 Å². The van der Waals surface area contributed by atoms with E-state index < -0.39 is 0 Å². The lowest BCUT2D eigenvalue weighted by Crippen LogP contribution is -1.89. The molecular weight excluding hydrogens is 176 g/mol. The predicted molar refractivity (Wildman–Crippen MR) is 53.8 cm³/mol. The lowest BCUT2D eigenvalue weighted by atomic mass is 10.0. The maximum atomic E-state index is 5.20. The fraction of sp³-hybridized carbons (Fsp3) is 0.273. The van der Waals surface area contributed by atoms with Crippen molar-refractivity contribution in [1.29, 1.82) is 0 Å². The lowest BCUT2D eigenvalue weighted by Gasteiger charge is -2.05. The van der Waals surface area contributed by atoms with E-state index in [1.165, 1.54) is 12.0 Å². The number of rotatable bonds is 2. The number of pyridine rings is 1. The first-order valence-corrected chi connectivity index (χ1v) is 4.61. The van der Waals surface area contributed by atoms with Crippen LogP contribution in [-0.4, -0.2) is 9.97 Å². The summed E-state index contributed by atoms with van der Waals surface area (Å²) in [5, 5.41) is 0. The standard InChI is InChI=1S/C11H12N2O/c1-8(2)9-3-10(5-12-4-9)11-6-13-7-14-11/h3-8H,1-2H3. The highest BCUT2D eigenvalue weighted by atomic mass is 16.3. The summed E-state index contributed by atoms with van der Waals surface area (Å²) in [4.78, 5) is 8.05. The molecule has 0 aliphatic rings. The van der Waals surface area contributed by atoms with Gasteiger partial charge in [0.05, 0.1) is 6.20 Å². The fourth-order valence-corrected chi connectivity index (χ4v) is 1.27. The fourth-order valence-electron chi connectivity index (χ4n) is 1.27. The Hall–Kier alpha value is -1.64. The quantitative estimate of drug-likeness (QED) is 0.727. The average molecular weight is 188 g/mol. The number of hydrogen-bond donors (Lipinski definition) is 0. The Morgan fingerprint density at radius 3 is 2.64 bits per heavy atom. The van der Waals surface area contributed by atoms with Gasteiger partial charge in [0.2, 0.25) is 0 Å². The van der Waals surface area contributed by atoms with E-state index in [4.69, 9.17) is 4.42 Å². The maximum absolute atomic E-state index is 5.20. The molecule has 72 valence electrons. The minimum Gasteiger partial charge on any atom is -0.443 e. The van der Waals surface area contributed by atoms with Crippen LogP contribution in [0.4, 0.5) is 0 Å². The molecule has 0 saturated carbocycles. The summed E-state index contributed by atoms with van der Waals surface area (Å²) in [5.74, 6) is 1.24. The third kappa shape index (κ3) is 1.66. The molecule has 0 aliphatic carbocycles. The minimum atomic E-state index is 0.477. The summed E-state index contributed by atoms with van der Waals surface area (Å²) < 4.78 is 5.20. The van der Waals surface area contributed by atoms with Crippen molar-refractivity contribution in [2.45, 2.75) is 19.8 Å². The zero-order valence-corrected chi connectivity index (χ0v) is 8.27. The Morgan fingerprint density at radius 2 is 2.00 bits per heavy atom. The van der Waals surface area contributed by atoms with Gasteiger partial charge in [-0.3, -0.25) is 4.98 Å². The van der Waals surface area contributed by atoms with Gasteiger partial charge < -0.3 is 4.42 Å². The molecule has 3 heteroatoms. The van der Waals surface area contributed by atoms with E-state index in [1.807, 2.05) is 6.20 Å². The smallest absolute Gasteiger partial charge is 0.181 e. The molecule has 0 amide bonds. The van der Waals surface area contributed by atoms with Crippen molar-refractivity contribution in [1.82, 2.24) is 9.97 Å². The van der Waals surface area contributed by atoms with Crippen molar-refractivity contribution < 1.29 is 4.42 Å². The maximum Gasteiger partial charge on any atom is 0.181 e. The summed E-state index contributed by atoms with van der Waals surface area (Å²) in [5.41, 5.74) is 2.19. The highest BCUT2D eigenvalue weighted by Crippen LogP contribution is 2.21. The third-order valence-electron chi connectivity index (χ3n) is 2.14. The second kappa shape index (κ2) is 3.62. The molecule has 0 aromatic carbocycles. The van der Waals surface area contributed by atoms with Crippen molar-refractivity contribution in [2.75, 3.05) is 0 Å². The van der Waals surface area contributed by atoms with Gasteiger partial charge in [-0.2, -0.15) is 0 Å². The van der Waals surface area contributed by atoms with Gasteiger partial charge >= 0.3 is 0 Å². The number of hydrogen-bond acceptors (Lipinski definition) is 3. The molecule has 0 bridgehead atoms. The molecule has 2 aromatic heterocycles. The van der Waals surface area contributed by atoms with E-state index in [2.05, 4.69) is 29.9 Å². The Bertz CT molecular complexity index is 407. The van der Waals surface area contributed by atoms with Crippen molar-refractivity contribution >= 4 is 0 Å². The van der Waals surface area contributed by atoms with Crippen molar-refractivity contribution in [2.24, 2.45) is 0 Å². The van der Waals surface area contributed by atoms with Gasteiger partial charge in [-0.15, -0.1) is 0 Å². The molecule has 0 unspecified atom stereocenters. The van der Waals surface area contributed by atoms with Gasteiger partial charge in [-0.05, 0) is 17.5 Å². The van der Waals surface area contributed by atoms with E-state index in [-0.39, 0.29) is 0 Å². The summed E-state index contributed by atoms with van der Waals surface area (Å²) in [7, 11) is 0. The van der Waals surface area contributed by atoms with Crippen LogP contribution >= 0.6 is 0 Å². The number of oxazole rings is 1. The largest absolute Gasteiger partial charge is 0.443 e. The Labute approximate surface area is 82.8 Å². The van der Waals surface area contributed by atoms with Crippen LogP contribution in [0.2, 0.25) is 0 Å². The van der Waals surface area contributed by atoms with E-state index in [0.29, 0.717) is 5.92 Å². The summed E-state index contributed by atoms with van der Waals surface area (Å²) in [6.45, 7) is 4.28. The van der Waals surface area contributed by atoms with E-state index in [0.717, 1.165) is 11.3 Å². The number of nitrogens with zero attached hydrogens (tertiary/aromatic N) is 2. The first kappa shape index (κ1) is 8.94. The number of aromatic nitrogens is 2. The predicted octanol–water partition coefficient (Wildman–Crippen LogP) is 2.86. The monoisotopic (exact) mass is 188 g/mol. The highest BCUT2D eigenvalue weighted by Gasteiger charge is 2.05. The molecular formula is C11H12N2O.